The van der Waals surface area contributed by atoms with E-state index in [1.807, 2.05) is 6.92 Å². The maximum absolute atomic E-state index is 11.6. The second kappa shape index (κ2) is 4.04. The average Bonchev–Trinajstić information content (AvgIpc) is 1.98. The Morgan fingerprint density at radius 2 is 2.00 bits per heavy atom. The lowest BCUT2D eigenvalue weighted by molar-refractivity contribution is -0.116. The molecule has 4 heteroatoms. The number of hydrogen-bond donors (Lipinski definition) is 0. The minimum atomic E-state index is -0.519. The molecular formula is C11H17NO3. The van der Waals surface area contributed by atoms with E-state index in [4.69, 9.17) is 4.74 Å². The Hall–Kier alpha value is -1.32. The van der Waals surface area contributed by atoms with E-state index in [-0.39, 0.29) is 12.3 Å². The quantitative estimate of drug-likeness (QED) is 0.613. The standard InChI is InChI=1S/C11H17NO3/c1-8-5-9(13)7-12(6-8)10(14)15-11(2,3)4/h5H,6-7H2,1-4H3. The Bertz CT molecular complexity index is 312. The molecule has 0 saturated heterocycles. The first kappa shape index (κ1) is 11.8. The molecule has 4 nitrogen and oxygen atoms in total. The molecule has 0 aromatic heterocycles. The number of rotatable bonds is 0. The summed E-state index contributed by atoms with van der Waals surface area (Å²) in [6.07, 6.45) is 1.14. The molecule has 1 heterocycles. The van der Waals surface area contributed by atoms with Crippen molar-refractivity contribution in [1.29, 1.82) is 0 Å². The summed E-state index contributed by atoms with van der Waals surface area (Å²) in [4.78, 5) is 24.3. The van der Waals surface area contributed by atoms with Crippen molar-refractivity contribution in [2.24, 2.45) is 0 Å². The van der Waals surface area contributed by atoms with Gasteiger partial charge in [0.2, 0.25) is 0 Å². The van der Waals surface area contributed by atoms with E-state index in [2.05, 4.69) is 0 Å². The van der Waals surface area contributed by atoms with Crippen molar-refractivity contribution in [2.45, 2.75) is 33.3 Å². The van der Waals surface area contributed by atoms with Gasteiger partial charge in [0.15, 0.2) is 5.78 Å². The predicted molar refractivity (Wildman–Crippen MR) is 56.6 cm³/mol. The van der Waals surface area contributed by atoms with Crippen LogP contribution < -0.4 is 0 Å². The highest BCUT2D eigenvalue weighted by Gasteiger charge is 2.25. The van der Waals surface area contributed by atoms with E-state index in [9.17, 15) is 9.59 Å². The first-order valence-electron chi connectivity index (χ1n) is 4.96. The molecule has 0 unspecified atom stereocenters. The lowest BCUT2D eigenvalue weighted by Crippen LogP contribution is -2.42. The average molecular weight is 211 g/mol. The number of ether oxygens (including phenoxy) is 1. The van der Waals surface area contributed by atoms with Crippen molar-refractivity contribution in [2.75, 3.05) is 13.1 Å². The van der Waals surface area contributed by atoms with Crippen LogP contribution in [0.2, 0.25) is 0 Å². The second-order valence-electron chi connectivity index (χ2n) is 4.79. The van der Waals surface area contributed by atoms with Gasteiger partial charge in [-0.25, -0.2) is 4.79 Å². The summed E-state index contributed by atoms with van der Waals surface area (Å²) in [5.41, 5.74) is 0.368. The molecule has 0 radical (unpaired) electrons. The van der Waals surface area contributed by atoms with Gasteiger partial charge in [-0.05, 0) is 33.8 Å². The van der Waals surface area contributed by atoms with Gasteiger partial charge in [-0.1, -0.05) is 5.57 Å². The van der Waals surface area contributed by atoms with Gasteiger partial charge in [0.05, 0.1) is 6.54 Å². The fourth-order valence-electron chi connectivity index (χ4n) is 1.37. The van der Waals surface area contributed by atoms with Crippen LogP contribution in [0.1, 0.15) is 27.7 Å². The van der Waals surface area contributed by atoms with Crippen LogP contribution in [0.4, 0.5) is 4.79 Å². The largest absolute Gasteiger partial charge is 0.444 e. The first-order valence-corrected chi connectivity index (χ1v) is 4.96. The molecule has 0 saturated carbocycles. The molecule has 1 aliphatic heterocycles. The Kier molecular flexibility index (Phi) is 3.17. The van der Waals surface area contributed by atoms with Crippen LogP contribution in [0.3, 0.4) is 0 Å². The maximum atomic E-state index is 11.6. The van der Waals surface area contributed by atoms with Crippen LogP contribution in [0, 0.1) is 0 Å². The Morgan fingerprint density at radius 3 is 2.47 bits per heavy atom. The minimum absolute atomic E-state index is 0.0513. The third kappa shape index (κ3) is 3.73. The number of carbonyl (C=O) groups excluding carboxylic acids is 2. The van der Waals surface area contributed by atoms with Crippen LogP contribution >= 0.6 is 0 Å². The van der Waals surface area contributed by atoms with E-state index in [0.717, 1.165) is 5.57 Å². The van der Waals surface area contributed by atoms with Crippen LogP contribution in [0.25, 0.3) is 0 Å². The van der Waals surface area contributed by atoms with Crippen LogP contribution in [0.5, 0.6) is 0 Å². The molecule has 0 bridgehead atoms. The predicted octanol–water partition coefficient (Wildman–Crippen LogP) is 1.75. The molecule has 15 heavy (non-hydrogen) atoms. The van der Waals surface area contributed by atoms with Crippen molar-refractivity contribution in [3.8, 4) is 0 Å². The molecular weight excluding hydrogens is 194 g/mol. The summed E-state index contributed by atoms with van der Waals surface area (Å²) in [5.74, 6) is -0.0513. The van der Waals surface area contributed by atoms with Gasteiger partial charge in [-0.15, -0.1) is 0 Å². The molecule has 0 aromatic carbocycles. The van der Waals surface area contributed by atoms with Crippen molar-refractivity contribution < 1.29 is 14.3 Å². The van der Waals surface area contributed by atoms with Crippen LogP contribution in [-0.4, -0.2) is 35.5 Å². The lowest BCUT2D eigenvalue weighted by Gasteiger charge is -2.28. The smallest absolute Gasteiger partial charge is 0.410 e. The topological polar surface area (TPSA) is 46.6 Å². The summed E-state index contributed by atoms with van der Waals surface area (Å²) < 4.78 is 5.18. The zero-order valence-corrected chi connectivity index (χ0v) is 9.66. The summed E-state index contributed by atoms with van der Waals surface area (Å²) in [5, 5.41) is 0. The number of hydrogen-bond acceptors (Lipinski definition) is 3. The first-order chi connectivity index (χ1) is 6.78. The van der Waals surface area contributed by atoms with Gasteiger partial charge in [0.1, 0.15) is 5.60 Å². The monoisotopic (exact) mass is 211 g/mol. The third-order valence-electron chi connectivity index (χ3n) is 1.85. The van der Waals surface area contributed by atoms with E-state index < -0.39 is 11.7 Å². The van der Waals surface area contributed by atoms with Gasteiger partial charge >= 0.3 is 6.09 Å². The van der Waals surface area contributed by atoms with Gasteiger partial charge < -0.3 is 4.74 Å². The van der Waals surface area contributed by atoms with Crippen LogP contribution in [0.15, 0.2) is 11.6 Å². The van der Waals surface area contributed by atoms with Gasteiger partial charge in [0.25, 0.3) is 0 Å². The van der Waals surface area contributed by atoms with Crippen molar-refractivity contribution in [3.63, 3.8) is 0 Å². The van der Waals surface area contributed by atoms with Gasteiger partial charge in [0, 0.05) is 6.54 Å². The minimum Gasteiger partial charge on any atom is -0.444 e. The Morgan fingerprint density at radius 1 is 1.40 bits per heavy atom. The Labute approximate surface area is 89.9 Å². The molecule has 0 aromatic rings. The zero-order chi connectivity index (χ0) is 11.6. The molecule has 84 valence electrons. The molecule has 0 spiro atoms. The highest BCUT2D eigenvalue weighted by molar-refractivity contribution is 5.95. The summed E-state index contributed by atoms with van der Waals surface area (Å²) >= 11 is 0. The summed E-state index contributed by atoms with van der Waals surface area (Å²) in [7, 11) is 0. The lowest BCUT2D eigenvalue weighted by atomic mass is 10.1. The molecule has 0 N–H and O–H groups in total. The number of carbonyl (C=O) groups is 2. The number of ketones is 1. The summed E-state index contributed by atoms with van der Waals surface area (Å²) in [6, 6.07) is 0. The van der Waals surface area contributed by atoms with E-state index in [1.165, 1.54) is 4.90 Å². The second-order valence-corrected chi connectivity index (χ2v) is 4.79. The molecule has 0 atom stereocenters. The highest BCUT2D eigenvalue weighted by Crippen LogP contribution is 2.13. The fraction of sp³-hybridized carbons (Fsp3) is 0.636. The normalized spacial score (nSPS) is 17.5. The molecule has 1 aliphatic rings. The van der Waals surface area contributed by atoms with Crippen molar-refractivity contribution in [1.82, 2.24) is 4.90 Å². The third-order valence-corrected chi connectivity index (χ3v) is 1.85. The molecule has 1 amide bonds. The highest BCUT2D eigenvalue weighted by atomic mass is 16.6. The summed E-state index contributed by atoms with van der Waals surface area (Å²) in [6.45, 7) is 7.83. The zero-order valence-electron chi connectivity index (χ0n) is 9.66. The van der Waals surface area contributed by atoms with Gasteiger partial charge in [-0.3, -0.25) is 9.69 Å². The van der Waals surface area contributed by atoms with Gasteiger partial charge in [-0.2, -0.15) is 0 Å². The van der Waals surface area contributed by atoms with Crippen molar-refractivity contribution in [3.05, 3.63) is 11.6 Å². The van der Waals surface area contributed by atoms with E-state index in [1.54, 1.807) is 26.8 Å². The SMILES string of the molecule is CC1=CC(=O)CN(C(=O)OC(C)(C)C)C1. The number of nitrogens with zero attached hydrogens (tertiary/aromatic N) is 1. The number of amides is 1. The fourth-order valence-corrected chi connectivity index (χ4v) is 1.37. The molecule has 1 rings (SSSR count). The van der Waals surface area contributed by atoms with Crippen LogP contribution in [-0.2, 0) is 9.53 Å². The van der Waals surface area contributed by atoms with Crippen molar-refractivity contribution >= 4 is 11.9 Å². The Balaban J connectivity index is 2.63. The molecule has 0 fully saturated rings. The van der Waals surface area contributed by atoms with E-state index in [0.29, 0.717) is 6.54 Å². The van der Waals surface area contributed by atoms with E-state index >= 15 is 0 Å². The molecule has 0 aliphatic carbocycles. The maximum Gasteiger partial charge on any atom is 0.410 e.